The summed E-state index contributed by atoms with van der Waals surface area (Å²) in [5.74, 6) is 0.856. The first-order chi connectivity index (χ1) is 16.6. The molecule has 1 saturated heterocycles. The normalized spacial score (nSPS) is 14.4. The number of aromatic nitrogens is 2. The minimum atomic E-state index is -0.284. The summed E-state index contributed by atoms with van der Waals surface area (Å²) < 4.78 is 17.2. The number of fused-ring (bicyclic) bond motifs is 1. The minimum absolute atomic E-state index is 0.221. The highest BCUT2D eigenvalue weighted by molar-refractivity contribution is 7.23. The van der Waals surface area contributed by atoms with E-state index in [9.17, 15) is 4.79 Å². The summed E-state index contributed by atoms with van der Waals surface area (Å²) in [6.07, 6.45) is 0. The van der Waals surface area contributed by atoms with Gasteiger partial charge in [-0.1, -0.05) is 58.4 Å². The fraction of sp³-hybridized carbons (Fsp3) is 0.292. The van der Waals surface area contributed by atoms with Crippen molar-refractivity contribution in [2.75, 3.05) is 51.4 Å². The van der Waals surface area contributed by atoms with Gasteiger partial charge in [-0.15, -0.1) is 0 Å². The Morgan fingerprint density at radius 3 is 2.76 bits per heavy atom. The van der Waals surface area contributed by atoms with Crippen LogP contribution in [-0.2, 0) is 4.74 Å². The molecule has 1 aliphatic rings. The van der Waals surface area contributed by atoms with Crippen LogP contribution in [0.2, 0.25) is 5.02 Å². The lowest BCUT2D eigenvalue weighted by Crippen LogP contribution is -2.43. The number of nitrogens with zero attached hydrogens (tertiary/aromatic N) is 4. The van der Waals surface area contributed by atoms with E-state index < -0.39 is 0 Å². The smallest absolute Gasteiger partial charge is 0.282 e. The van der Waals surface area contributed by atoms with Crippen LogP contribution in [0.15, 0.2) is 53.1 Å². The number of benzene rings is 2. The van der Waals surface area contributed by atoms with Crippen LogP contribution in [0.3, 0.4) is 0 Å². The van der Waals surface area contributed by atoms with E-state index >= 15 is 0 Å². The molecule has 2 aromatic heterocycles. The predicted octanol–water partition coefficient (Wildman–Crippen LogP) is 4.59. The van der Waals surface area contributed by atoms with Gasteiger partial charge in [0.05, 0.1) is 30.0 Å². The van der Waals surface area contributed by atoms with E-state index in [2.05, 4.69) is 10.1 Å². The van der Waals surface area contributed by atoms with Gasteiger partial charge in [0.15, 0.2) is 16.6 Å². The highest BCUT2D eigenvalue weighted by Gasteiger charge is 2.27. The lowest BCUT2D eigenvalue weighted by Gasteiger charge is -2.28. The Kier molecular flexibility index (Phi) is 6.77. The molecular weight excluding hydrogens is 476 g/mol. The monoisotopic (exact) mass is 498 g/mol. The van der Waals surface area contributed by atoms with Gasteiger partial charge in [0.2, 0.25) is 0 Å². The van der Waals surface area contributed by atoms with Crippen molar-refractivity contribution in [2.45, 2.75) is 0 Å². The van der Waals surface area contributed by atoms with Crippen molar-refractivity contribution in [3.05, 3.63) is 59.2 Å². The van der Waals surface area contributed by atoms with E-state index in [-0.39, 0.29) is 11.6 Å². The van der Waals surface area contributed by atoms with Crippen LogP contribution in [0, 0.1) is 0 Å². The zero-order chi connectivity index (χ0) is 23.5. The summed E-state index contributed by atoms with van der Waals surface area (Å²) in [4.78, 5) is 22.3. The van der Waals surface area contributed by atoms with E-state index in [1.165, 1.54) is 11.3 Å². The molecule has 34 heavy (non-hydrogen) atoms. The maximum Gasteiger partial charge on any atom is 0.282 e. The van der Waals surface area contributed by atoms with Gasteiger partial charge < -0.3 is 14.0 Å². The van der Waals surface area contributed by atoms with E-state index in [0.717, 1.165) is 23.4 Å². The third kappa shape index (κ3) is 4.65. The molecule has 0 atom stereocenters. The molecule has 3 heterocycles. The second kappa shape index (κ2) is 10.1. The first kappa shape index (κ1) is 22.8. The topological polar surface area (TPSA) is 80.9 Å². The van der Waals surface area contributed by atoms with Gasteiger partial charge in [0, 0.05) is 37.8 Å². The molecule has 0 N–H and O–H groups in total. The fourth-order valence-electron chi connectivity index (χ4n) is 3.82. The van der Waals surface area contributed by atoms with Crippen LogP contribution >= 0.6 is 22.9 Å². The highest BCUT2D eigenvalue weighted by Crippen LogP contribution is 2.39. The largest absolute Gasteiger partial charge is 0.494 e. The number of carbonyl (C=O) groups excluding carboxylic acids is 1. The van der Waals surface area contributed by atoms with Gasteiger partial charge in [0.25, 0.3) is 5.91 Å². The van der Waals surface area contributed by atoms with E-state index in [4.69, 9.17) is 30.6 Å². The minimum Gasteiger partial charge on any atom is -0.494 e. The van der Waals surface area contributed by atoms with Gasteiger partial charge in [0.1, 0.15) is 11.3 Å². The number of morpholine rings is 1. The van der Waals surface area contributed by atoms with Crippen molar-refractivity contribution < 1.29 is 18.8 Å². The zero-order valence-corrected chi connectivity index (χ0v) is 20.1. The second-order valence-corrected chi connectivity index (χ2v) is 9.16. The van der Waals surface area contributed by atoms with Gasteiger partial charge in [-0.05, 0) is 12.1 Å². The van der Waals surface area contributed by atoms with Crippen LogP contribution in [0.25, 0.3) is 21.5 Å². The summed E-state index contributed by atoms with van der Waals surface area (Å²) >= 11 is 7.79. The highest BCUT2D eigenvalue weighted by atomic mass is 35.5. The number of methoxy groups -OCH3 is 1. The van der Waals surface area contributed by atoms with Crippen molar-refractivity contribution in [1.29, 1.82) is 0 Å². The number of halogens is 1. The molecule has 1 fully saturated rings. The van der Waals surface area contributed by atoms with Crippen LogP contribution in [-0.4, -0.2) is 67.5 Å². The predicted molar refractivity (Wildman–Crippen MR) is 132 cm³/mol. The molecule has 4 aromatic rings. The first-order valence-electron chi connectivity index (χ1n) is 10.9. The number of hydrogen-bond donors (Lipinski definition) is 0. The number of hydrogen-bond acceptors (Lipinski definition) is 8. The number of anilines is 1. The summed E-state index contributed by atoms with van der Waals surface area (Å²) in [5, 5.41) is 5.16. The first-order valence-corrected chi connectivity index (χ1v) is 12.1. The van der Waals surface area contributed by atoms with Crippen molar-refractivity contribution in [3.63, 3.8) is 0 Å². The molecular formula is C24H23ClN4O4S. The Bertz CT molecular complexity index is 1290. The lowest BCUT2D eigenvalue weighted by atomic mass is 10.1. The molecule has 0 bridgehead atoms. The zero-order valence-electron chi connectivity index (χ0n) is 18.6. The molecule has 0 saturated carbocycles. The van der Waals surface area contributed by atoms with Crippen LogP contribution < -0.4 is 9.64 Å². The fourth-order valence-corrected chi connectivity index (χ4v) is 5.10. The summed E-state index contributed by atoms with van der Waals surface area (Å²) in [6.45, 7) is 4.13. The van der Waals surface area contributed by atoms with Crippen molar-refractivity contribution in [1.82, 2.24) is 15.0 Å². The van der Waals surface area contributed by atoms with Gasteiger partial charge >= 0.3 is 0 Å². The standard InChI is InChI=1S/C24H23ClN4O4S/c1-31-19-8-7-17(25)22-21(19)26-24(34-22)29(10-9-28-11-13-32-14-12-28)23(30)18-15-20(33-27-18)16-5-3-2-4-6-16/h2-8,15H,9-14H2,1H3. The summed E-state index contributed by atoms with van der Waals surface area (Å²) in [6, 6.07) is 14.8. The maximum atomic E-state index is 13.6. The number of rotatable bonds is 7. The Morgan fingerprint density at radius 1 is 1.21 bits per heavy atom. The van der Waals surface area contributed by atoms with Crippen molar-refractivity contribution in [3.8, 4) is 17.1 Å². The third-order valence-corrected chi connectivity index (χ3v) is 7.21. The average molecular weight is 499 g/mol. The Morgan fingerprint density at radius 2 is 2.00 bits per heavy atom. The number of carbonyl (C=O) groups is 1. The molecule has 8 nitrogen and oxygen atoms in total. The lowest BCUT2D eigenvalue weighted by molar-refractivity contribution is 0.0391. The molecule has 1 aliphatic heterocycles. The SMILES string of the molecule is COc1ccc(Cl)c2sc(N(CCN3CCOCC3)C(=O)c3cc(-c4ccccc4)on3)nc12. The molecule has 10 heteroatoms. The average Bonchev–Trinajstić information content (AvgIpc) is 3.54. The van der Waals surface area contributed by atoms with E-state index in [1.807, 2.05) is 30.3 Å². The third-order valence-electron chi connectivity index (χ3n) is 5.67. The molecule has 176 valence electrons. The Balaban J connectivity index is 1.48. The molecule has 0 unspecified atom stereocenters. The van der Waals surface area contributed by atoms with Crippen molar-refractivity contribution >= 4 is 44.2 Å². The van der Waals surface area contributed by atoms with Crippen LogP contribution in [0.1, 0.15) is 10.5 Å². The number of ether oxygens (including phenoxy) is 2. The van der Waals surface area contributed by atoms with Crippen LogP contribution in [0.4, 0.5) is 5.13 Å². The second-order valence-electron chi connectivity index (χ2n) is 7.78. The van der Waals surface area contributed by atoms with Gasteiger partial charge in [-0.3, -0.25) is 14.6 Å². The Hall–Kier alpha value is -2.98. The van der Waals surface area contributed by atoms with Crippen LogP contribution in [0.5, 0.6) is 5.75 Å². The van der Waals surface area contributed by atoms with Gasteiger partial charge in [-0.25, -0.2) is 4.98 Å². The molecule has 2 aromatic carbocycles. The molecule has 1 amide bonds. The van der Waals surface area contributed by atoms with E-state index in [1.54, 1.807) is 30.2 Å². The van der Waals surface area contributed by atoms with E-state index in [0.29, 0.717) is 53.5 Å². The molecule has 0 radical (unpaired) electrons. The Labute approximate surface area is 205 Å². The quantitative estimate of drug-likeness (QED) is 0.368. The summed E-state index contributed by atoms with van der Waals surface area (Å²) in [5.41, 5.74) is 1.70. The number of thiazole rings is 1. The summed E-state index contributed by atoms with van der Waals surface area (Å²) in [7, 11) is 1.59. The van der Waals surface area contributed by atoms with Gasteiger partial charge in [-0.2, -0.15) is 0 Å². The van der Waals surface area contributed by atoms with Crippen molar-refractivity contribution in [2.24, 2.45) is 0 Å². The molecule has 0 spiro atoms. The number of amides is 1. The maximum absolute atomic E-state index is 13.6. The molecule has 5 rings (SSSR count). The molecule has 0 aliphatic carbocycles.